The molecule has 5 rings (SSSR count). The van der Waals surface area contributed by atoms with Gasteiger partial charge < -0.3 is 5.32 Å². The van der Waals surface area contributed by atoms with Gasteiger partial charge in [-0.3, -0.25) is 4.79 Å². The Morgan fingerprint density at radius 1 is 1.12 bits per heavy atom. The lowest BCUT2D eigenvalue weighted by atomic mass is 9.48. The Balaban J connectivity index is 1.52. The van der Waals surface area contributed by atoms with Crippen LogP contribution in [0.5, 0.6) is 0 Å². The van der Waals surface area contributed by atoms with Gasteiger partial charge in [-0.1, -0.05) is 48.0 Å². The molecule has 1 aromatic rings. The standard InChI is InChI=1S/C22H30BrNO/c1-3-17-6-5-7-18(4-2)20(17)24-19(25)13-21-9-15-8-16(10-21)12-22(23,11-15)14-21/h5-7,15-16H,3-4,8-14H2,1-2H3,(H,24,25). The van der Waals surface area contributed by atoms with Crippen LogP contribution in [0.25, 0.3) is 0 Å². The van der Waals surface area contributed by atoms with Crippen molar-refractivity contribution < 1.29 is 4.79 Å². The Hall–Kier alpha value is -0.830. The summed E-state index contributed by atoms with van der Waals surface area (Å²) in [6, 6.07) is 6.40. The minimum absolute atomic E-state index is 0.230. The van der Waals surface area contributed by atoms with E-state index in [0.29, 0.717) is 10.7 Å². The number of carbonyl (C=O) groups excluding carboxylic acids is 1. The number of benzene rings is 1. The molecule has 4 aliphatic carbocycles. The first-order valence-corrected chi connectivity index (χ1v) is 10.8. The lowest BCUT2D eigenvalue weighted by Crippen LogP contribution is -2.53. The van der Waals surface area contributed by atoms with Crippen LogP contribution < -0.4 is 5.32 Å². The molecule has 0 spiro atoms. The Kier molecular flexibility index (Phi) is 4.50. The molecule has 1 aromatic carbocycles. The fraction of sp³-hybridized carbons (Fsp3) is 0.682. The zero-order valence-corrected chi connectivity index (χ0v) is 17.1. The highest BCUT2D eigenvalue weighted by molar-refractivity contribution is 9.10. The molecular formula is C22H30BrNO. The number of alkyl halides is 1. The lowest BCUT2D eigenvalue weighted by Gasteiger charge is -2.60. The van der Waals surface area contributed by atoms with E-state index >= 15 is 0 Å². The van der Waals surface area contributed by atoms with Gasteiger partial charge in [-0.05, 0) is 79.7 Å². The van der Waals surface area contributed by atoms with Crippen LogP contribution in [0.1, 0.15) is 69.9 Å². The van der Waals surface area contributed by atoms with E-state index in [0.717, 1.165) is 30.4 Å². The van der Waals surface area contributed by atoms with Crippen molar-refractivity contribution in [3.05, 3.63) is 29.3 Å². The van der Waals surface area contributed by atoms with Crippen molar-refractivity contribution in [1.82, 2.24) is 0 Å². The highest BCUT2D eigenvalue weighted by Gasteiger charge is 2.57. The molecule has 4 bridgehead atoms. The smallest absolute Gasteiger partial charge is 0.224 e. The third-order valence-electron chi connectivity index (χ3n) is 6.91. The van der Waals surface area contributed by atoms with Gasteiger partial charge in [0, 0.05) is 16.4 Å². The van der Waals surface area contributed by atoms with Crippen molar-refractivity contribution in [2.75, 3.05) is 5.32 Å². The minimum Gasteiger partial charge on any atom is -0.326 e. The minimum atomic E-state index is 0.230. The molecule has 1 amide bonds. The predicted molar refractivity (Wildman–Crippen MR) is 107 cm³/mol. The first-order valence-electron chi connectivity index (χ1n) is 10.0. The molecule has 136 valence electrons. The quantitative estimate of drug-likeness (QED) is 0.611. The Morgan fingerprint density at radius 2 is 1.72 bits per heavy atom. The molecule has 0 radical (unpaired) electrons. The van der Waals surface area contributed by atoms with Crippen LogP contribution in [0.15, 0.2) is 18.2 Å². The molecule has 2 unspecified atom stereocenters. The number of rotatable bonds is 5. The third kappa shape index (κ3) is 3.29. The van der Waals surface area contributed by atoms with E-state index in [1.54, 1.807) is 0 Å². The van der Waals surface area contributed by atoms with E-state index in [4.69, 9.17) is 0 Å². The summed E-state index contributed by atoms with van der Waals surface area (Å²) in [5.74, 6) is 1.90. The highest BCUT2D eigenvalue weighted by atomic mass is 79.9. The van der Waals surface area contributed by atoms with Gasteiger partial charge >= 0.3 is 0 Å². The zero-order valence-electron chi connectivity index (χ0n) is 15.5. The number of para-hydroxylation sites is 1. The van der Waals surface area contributed by atoms with Crippen molar-refractivity contribution in [2.45, 2.75) is 76.0 Å². The maximum atomic E-state index is 13.0. The normalized spacial score (nSPS) is 35.8. The summed E-state index contributed by atoms with van der Waals surface area (Å²) in [7, 11) is 0. The lowest BCUT2D eigenvalue weighted by molar-refractivity contribution is -0.123. The van der Waals surface area contributed by atoms with Crippen LogP contribution in [0.4, 0.5) is 5.69 Å². The molecule has 2 nitrogen and oxygen atoms in total. The summed E-state index contributed by atoms with van der Waals surface area (Å²) in [6.45, 7) is 4.33. The molecule has 0 saturated heterocycles. The Morgan fingerprint density at radius 3 is 2.24 bits per heavy atom. The molecule has 2 atom stereocenters. The van der Waals surface area contributed by atoms with Gasteiger partial charge in [0.2, 0.25) is 5.91 Å². The molecular weight excluding hydrogens is 374 g/mol. The molecule has 3 heteroatoms. The molecule has 4 fully saturated rings. The number of nitrogens with one attached hydrogen (secondary N) is 1. The van der Waals surface area contributed by atoms with Gasteiger partial charge in [0.1, 0.15) is 0 Å². The number of amides is 1. The maximum absolute atomic E-state index is 13.0. The number of aryl methyl sites for hydroxylation is 2. The van der Waals surface area contributed by atoms with Gasteiger partial charge in [-0.25, -0.2) is 0 Å². The summed E-state index contributed by atoms with van der Waals surface area (Å²) in [5, 5.41) is 3.31. The van der Waals surface area contributed by atoms with Gasteiger partial charge in [0.05, 0.1) is 0 Å². The van der Waals surface area contributed by atoms with Gasteiger partial charge in [0.25, 0.3) is 0 Å². The highest BCUT2D eigenvalue weighted by Crippen LogP contribution is 2.65. The van der Waals surface area contributed by atoms with Gasteiger partial charge in [-0.15, -0.1) is 0 Å². The van der Waals surface area contributed by atoms with Gasteiger partial charge in [-0.2, -0.15) is 0 Å². The van der Waals surface area contributed by atoms with Crippen molar-refractivity contribution in [3.8, 4) is 0 Å². The van der Waals surface area contributed by atoms with Crippen molar-refractivity contribution >= 4 is 27.5 Å². The van der Waals surface area contributed by atoms with Crippen molar-refractivity contribution in [1.29, 1.82) is 0 Å². The van der Waals surface area contributed by atoms with E-state index in [-0.39, 0.29) is 11.3 Å². The van der Waals surface area contributed by atoms with E-state index in [1.807, 2.05) is 0 Å². The van der Waals surface area contributed by atoms with Crippen LogP contribution >= 0.6 is 15.9 Å². The summed E-state index contributed by atoms with van der Waals surface area (Å²) >= 11 is 4.06. The van der Waals surface area contributed by atoms with E-state index in [2.05, 4.69) is 53.3 Å². The summed E-state index contributed by atoms with van der Waals surface area (Å²) in [6.07, 6.45) is 10.4. The SMILES string of the molecule is CCc1cccc(CC)c1NC(=O)CC12CC3CC(CC(Br)(C3)C1)C2. The first-order chi connectivity index (χ1) is 11.9. The molecule has 0 heterocycles. The fourth-order valence-corrected chi connectivity index (χ4v) is 7.98. The van der Waals surface area contributed by atoms with Crippen LogP contribution in [-0.2, 0) is 17.6 Å². The summed E-state index contributed by atoms with van der Waals surface area (Å²) < 4.78 is 0.327. The Labute approximate surface area is 160 Å². The number of anilines is 1. The third-order valence-corrected chi connectivity index (χ3v) is 7.84. The average molecular weight is 404 g/mol. The molecule has 4 saturated carbocycles. The van der Waals surface area contributed by atoms with Crippen LogP contribution in [0, 0.1) is 17.3 Å². The molecule has 25 heavy (non-hydrogen) atoms. The van der Waals surface area contributed by atoms with Crippen LogP contribution in [0.2, 0.25) is 0 Å². The second kappa shape index (κ2) is 6.40. The summed E-state index contributed by atoms with van der Waals surface area (Å²) in [5.41, 5.74) is 3.84. The molecule has 0 aromatic heterocycles. The number of hydrogen-bond acceptors (Lipinski definition) is 1. The van der Waals surface area contributed by atoms with Crippen LogP contribution in [-0.4, -0.2) is 10.2 Å². The van der Waals surface area contributed by atoms with E-state index in [1.165, 1.54) is 49.7 Å². The topological polar surface area (TPSA) is 29.1 Å². The number of halogens is 1. The predicted octanol–water partition coefficient (Wildman–Crippen LogP) is 5.87. The van der Waals surface area contributed by atoms with E-state index < -0.39 is 0 Å². The first kappa shape index (κ1) is 17.6. The maximum Gasteiger partial charge on any atom is 0.224 e. The monoisotopic (exact) mass is 403 g/mol. The molecule has 0 aliphatic heterocycles. The zero-order chi connectivity index (χ0) is 17.7. The average Bonchev–Trinajstić information content (AvgIpc) is 2.52. The van der Waals surface area contributed by atoms with E-state index in [9.17, 15) is 4.79 Å². The largest absolute Gasteiger partial charge is 0.326 e. The van der Waals surface area contributed by atoms with Crippen molar-refractivity contribution in [2.24, 2.45) is 17.3 Å². The second-order valence-corrected chi connectivity index (χ2v) is 10.7. The Bertz CT molecular complexity index is 646. The van der Waals surface area contributed by atoms with Crippen molar-refractivity contribution in [3.63, 3.8) is 0 Å². The molecule has 1 N–H and O–H groups in total. The number of hydrogen-bond donors (Lipinski definition) is 1. The molecule has 4 aliphatic rings. The van der Waals surface area contributed by atoms with Crippen LogP contribution in [0.3, 0.4) is 0 Å². The second-order valence-electron chi connectivity index (χ2n) is 9.00. The fourth-order valence-electron chi connectivity index (χ4n) is 6.47. The number of carbonyl (C=O) groups is 1. The summed E-state index contributed by atoms with van der Waals surface area (Å²) in [4.78, 5) is 13.0. The van der Waals surface area contributed by atoms with Gasteiger partial charge in [0.15, 0.2) is 0 Å².